The van der Waals surface area contributed by atoms with E-state index in [4.69, 9.17) is 0 Å². The number of thiophene rings is 1. The number of carbonyl (C=O) groups is 1. The second-order valence-electron chi connectivity index (χ2n) is 6.13. The zero-order valence-corrected chi connectivity index (χ0v) is 15.3. The van der Waals surface area contributed by atoms with E-state index < -0.39 is 16.1 Å². The van der Waals surface area contributed by atoms with Crippen molar-refractivity contribution >= 4 is 27.3 Å². The molecular weight excluding hydrogens is 364 g/mol. The van der Waals surface area contributed by atoms with E-state index >= 15 is 0 Å². The fraction of sp³-hybridized carbons (Fsp3) is 0.467. The number of aliphatic hydroxyl groups is 1. The van der Waals surface area contributed by atoms with E-state index in [9.17, 15) is 18.3 Å². The number of likely N-dealkylation sites (tertiary alicyclic amines) is 1. The molecule has 2 atom stereocenters. The van der Waals surface area contributed by atoms with Gasteiger partial charge >= 0.3 is 0 Å². The second-order valence-corrected chi connectivity index (χ2v) is 9.07. The third-order valence-electron chi connectivity index (χ3n) is 4.16. The number of aryl methyl sites for hydroxylation is 1. The van der Waals surface area contributed by atoms with Gasteiger partial charge in [-0.05, 0) is 30.9 Å². The van der Waals surface area contributed by atoms with Crippen molar-refractivity contribution < 1.29 is 18.3 Å². The van der Waals surface area contributed by atoms with Crippen molar-refractivity contribution in [3.8, 4) is 0 Å². The van der Waals surface area contributed by atoms with Gasteiger partial charge in [-0.3, -0.25) is 9.89 Å². The van der Waals surface area contributed by atoms with Crippen molar-refractivity contribution in [1.29, 1.82) is 0 Å². The Morgan fingerprint density at radius 1 is 1.52 bits per heavy atom. The molecule has 0 saturated carbocycles. The zero-order chi connectivity index (χ0) is 18.0. The number of carbonyl (C=O) groups excluding carboxylic acids is 1. The van der Waals surface area contributed by atoms with Crippen LogP contribution < -0.4 is 4.72 Å². The van der Waals surface area contributed by atoms with Gasteiger partial charge in [0.1, 0.15) is 4.21 Å². The van der Waals surface area contributed by atoms with E-state index in [-0.39, 0.29) is 29.1 Å². The van der Waals surface area contributed by atoms with E-state index in [0.29, 0.717) is 13.0 Å². The summed E-state index contributed by atoms with van der Waals surface area (Å²) in [5.74, 6) is -0.458. The maximum absolute atomic E-state index is 12.3. The molecule has 25 heavy (non-hydrogen) atoms. The number of nitrogens with one attached hydrogen (secondary N) is 2. The van der Waals surface area contributed by atoms with Gasteiger partial charge in [0.15, 0.2) is 0 Å². The van der Waals surface area contributed by atoms with Gasteiger partial charge in [0.05, 0.1) is 18.3 Å². The molecule has 1 aliphatic rings. The number of β-amino-alcohol motifs (C(OH)–C–C–N with tert-alkyl or cyclic N) is 1. The molecule has 2 aromatic heterocycles. The first-order valence-electron chi connectivity index (χ1n) is 7.85. The molecule has 0 aromatic carbocycles. The SMILES string of the molecule is Cc1cc(C[C@@H]2CN(C(=O)CNS(=O)(=O)c3cccs3)C[C@H]2O)n[nH]1. The summed E-state index contributed by atoms with van der Waals surface area (Å²) in [4.78, 5) is 13.8. The molecule has 0 unspecified atom stereocenters. The topological polar surface area (TPSA) is 115 Å². The molecule has 0 radical (unpaired) electrons. The zero-order valence-electron chi connectivity index (χ0n) is 13.7. The Labute approximate surface area is 149 Å². The fourth-order valence-electron chi connectivity index (χ4n) is 2.86. The largest absolute Gasteiger partial charge is 0.391 e. The minimum Gasteiger partial charge on any atom is -0.391 e. The minimum atomic E-state index is -3.67. The summed E-state index contributed by atoms with van der Waals surface area (Å²) in [5, 5.41) is 18.9. The van der Waals surface area contributed by atoms with Crippen molar-refractivity contribution in [3.05, 3.63) is 35.0 Å². The van der Waals surface area contributed by atoms with Crippen molar-refractivity contribution in [2.24, 2.45) is 5.92 Å². The summed E-state index contributed by atoms with van der Waals surface area (Å²) in [6.07, 6.45) is -0.0780. The first-order valence-corrected chi connectivity index (χ1v) is 10.2. The molecule has 10 heteroatoms. The summed E-state index contributed by atoms with van der Waals surface area (Å²) in [5.41, 5.74) is 1.78. The van der Waals surface area contributed by atoms with Crippen LogP contribution in [0.5, 0.6) is 0 Å². The number of rotatable bonds is 6. The van der Waals surface area contributed by atoms with Crippen LogP contribution in [0.4, 0.5) is 0 Å². The van der Waals surface area contributed by atoms with Crippen molar-refractivity contribution in [2.45, 2.75) is 23.7 Å². The Kier molecular flexibility index (Phi) is 5.23. The van der Waals surface area contributed by atoms with Gasteiger partial charge in [0.25, 0.3) is 10.0 Å². The first-order chi connectivity index (χ1) is 11.8. The summed E-state index contributed by atoms with van der Waals surface area (Å²) in [6.45, 7) is 2.17. The molecule has 0 aliphatic carbocycles. The molecule has 3 N–H and O–H groups in total. The number of sulfonamides is 1. The van der Waals surface area contributed by atoms with Crippen LogP contribution in [0.2, 0.25) is 0 Å². The van der Waals surface area contributed by atoms with Crippen LogP contribution in [-0.2, 0) is 21.2 Å². The normalized spacial score (nSPS) is 21.0. The number of nitrogens with zero attached hydrogens (tertiary/aromatic N) is 2. The third-order valence-corrected chi connectivity index (χ3v) is 6.96. The predicted molar refractivity (Wildman–Crippen MR) is 92.6 cm³/mol. The van der Waals surface area contributed by atoms with Gasteiger partial charge in [-0.15, -0.1) is 11.3 Å². The quantitative estimate of drug-likeness (QED) is 0.654. The van der Waals surface area contributed by atoms with E-state index in [2.05, 4.69) is 14.9 Å². The van der Waals surface area contributed by atoms with E-state index in [1.807, 2.05) is 13.0 Å². The van der Waals surface area contributed by atoms with Crippen LogP contribution in [0.1, 0.15) is 11.4 Å². The van der Waals surface area contributed by atoms with Crippen LogP contribution in [-0.4, -0.2) is 60.3 Å². The van der Waals surface area contributed by atoms with E-state index in [0.717, 1.165) is 22.7 Å². The minimum absolute atomic E-state index is 0.111. The number of amides is 1. The van der Waals surface area contributed by atoms with Gasteiger partial charge in [-0.2, -0.15) is 5.10 Å². The fourth-order valence-corrected chi connectivity index (χ4v) is 4.87. The molecule has 2 aromatic rings. The smallest absolute Gasteiger partial charge is 0.250 e. The lowest BCUT2D eigenvalue weighted by Crippen LogP contribution is -2.39. The second kappa shape index (κ2) is 7.24. The lowest BCUT2D eigenvalue weighted by atomic mass is 10.0. The molecule has 3 rings (SSSR count). The Hall–Kier alpha value is -1.75. The molecule has 3 heterocycles. The highest BCUT2D eigenvalue weighted by atomic mass is 32.2. The average Bonchev–Trinajstić information content (AvgIpc) is 3.28. The summed E-state index contributed by atoms with van der Waals surface area (Å²) in [6, 6.07) is 5.03. The standard InChI is InChI=1S/C15H20N4O4S2/c1-10-5-12(18-17-10)6-11-8-19(9-13(11)20)14(21)7-16-25(22,23)15-3-2-4-24-15/h2-5,11,13,16,20H,6-9H2,1H3,(H,17,18)/t11-,13-/m1/s1. The lowest BCUT2D eigenvalue weighted by molar-refractivity contribution is -0.129. The van der Waals surface area contributed by atoms with E-state index in [1.165, 1.54) is 11.0 Å². The Bertz CT molecular complexity index is 832. The summed E-state index contributed by atoms with van der Waals surface area (Å²) < 4.78 is 26.6. The predicted octanol–water partition coefficient (Wildman–Crippen LogP) is 0.120. The van der Waals surface area contributed by atoms with Crippen molar-refractivity contribution in [1.82, 2.24) is 19.8 Å². The molecule has 1 saturated heterocycles. The molecule has 136 valence electrons. The van der Waals surface area contributed by atoms with Crippen LogP contribution in [0.15, 0.2) is 27.8 Å². The highest BCUT2D eigenvalue weighted by molar-refractivity contribution is 7.91. The van der Waals surface area contributed by atoms with Gasteiger partial charge in [-0.25, -0.2) is 13.1 Å². The summed E-state index contributed by atoms with van der Waals surface area (Å²) in [7, 11) is -3.67. The molecule has 1 aliphatic heterocycles. The van der Waals surface area contributed by atoms with Gasteiger partial charge in [-0.1, -0.05) is 6.07 Å². The molecule has 1 fully saturated rings. The highest BCUT2D eigenvalue weighted by Crippen LogP contribution is 2.21. The van der Waals surface area contributed by atoms with Crippen LogP contribution in [0.25, 0.3) is 0 Å². The maximum atomic E-state index is 12.3. The summed E-state index contributed by atoms with van der Waals surface area (Å²) >= 11 is 1.09. The van der Waals surface area contributed by atoms with E-state index in [1.54, 1.807) is 11.4 Å². The number of aliphatic hydroxyl groups excluding tert-OH is 1. The molecule has 0 bridgehead atoms. The van der Waals surface area contributed by atoms with Gasteiger partial charge < -0.3 is 10.0 Å². The first kappa shape index (κ1) is 18.1. The number of hydrogen-bond donors (Lipinski definition) is 3. The van der Waals surface area contributed by atoms with Gasteiger partial charge in [0.2, 0.25) is 5.91 Å². The average molecular weight is 384 g/mol. The van der Waals surface area contributed by atoms with Crippen molar-refractivity contribution in [3.63, 3.8) is 0 Å². The number of hydrogen-bond acceptors (Lipinski definition) is 6. The molecule has 1 amide bonds. The Morgan fingerprint density at radius 3 is 2.96 bits per heavy atom. The Morgan fingerprint density at radius 2 is 2.32 bits per heavy atom. The third kappa shape index (κ3) is 4.27. The molecule has 8 nitrogen and oxygen atoms in total. The maximum Gasteiger partial charge on any atom is 0.250 e. The number of aromatic nitrogens is 2. The highest BCUT2D eigenvalue weighted by Gasteiger charge is 2.34. The van der Waals surface area contributed by atoms with Crippen LogP contribution >= 0.6 is 11.3 Å². The van der Waals surface area contributed by atoms with Crippen LogP contribution in [0.3, 0.4) is 0 Å². The van der Waals surface area contributed by atoms with Crippen molar-refractivity contribution in [2.75, 3.05) is 19.6 Å². The monoisotopic (exact) mass is 384 g/mol. The van der Waals surface area contributed by atoms with Gasteiger partial charge in [0, 0.05) is 24.7 Å². The Balaban J connectivity index is 1.55. The van der Waals surface area contributed by atoms with Crippen LogP contribution in [0, 0.1) is 12.8 Å². The lowest BCUT2D eigenvalue weighted by Gasteiger charge is -2.16. The molecule has 0 spiro atoms. The molecular formula is C15H20N4O4S2. The number of H-pyrrole nitrogens is 1. The number of aromatic amines is 1.